The van der Waals surface area contributed by atoms with Gasteiger partial charge in [-0.25, -0.2) is 9.18 Å². The summed E-state index contributed by atoms with van der Waals surface area (Å²) in [6, 6.07) is 11.2. The standard InChI is InChI=1S/C28H33FN4O3/c1-28(2,3)36-27(35)31-20-5-4-12-33(16-20)15-17-6-8-18(9-7-17)25-21-10-11-30-26(34)22-13-19(29)14-23(32-25)24(21)22/h6-9,13-14,20,32H,4-5,10-12,15-16H2,1-3H3,(H,30,34)(H,31,35). The van der Waals surface area contributed by atoms with E-state index in [4.69, 9.17) is 4.74 Å². The van der Waals surface area contributed by atoms with Crippen molar-refractivity contribution in [2.45, 2.75) is 58.2 Å². The van der Waals surface area contributed by atoms with E-state index in [1.165, 1.54) is 17.7 Å². The van der Waals surface area contributed by atoms with E-state index in [1.54, 1.807) is 0 Å². The molecule has 0 radical (unpaired) electrons. The van der Waals surface area contributed by atoms with E-state index in [0.717, 1.165) is 54.7 Å². The monoisotopic (exact) mass is 492 g/mol. The van der Waals surface area contributed by atoms with Gasteiger partial charge in [0, 0.05) is 42.3 Å². The zero-order valence-electron chi connectivity index (χ0n) is 21.0. The van der Waals surface area contributed by atoms with Gasteiger partial charge >= 0.3 is 6.09 Å². The van der Waals surface area contributed by atoms with Crippen LogP contribution in [-0.2, 0) is 17.7 Å². The number of nitrogens with one attached hydrogen (secondary N) is 3. The maximum atomic E-state index is 14.2. The predicted octanol–water partition coefficient (Wildman–Crippen LogP) is 4.75. The van der Waals surface area contributed by atoms with Gasteiger partial charge in [0.25, 0.3) is 5.91 Å². The summed E-state index contributed by atoms with van der Waals surface area (Å²) in [5.41, 5.74) is 4.68. The van der Waals surface area contributed by atoms with E-state index in [0.29, 0.717) is 24.0 Å². The lowest BCUT2D eigenvalue weighted by Gasteiger charge is -2.33. The van der Waals surface area contributed by atoms with Gasteiger partial charge in [-0.1, -0.05) is 24.3 Å². The number of carbonyl (C=O) groups is 2. The first-order valence-corrected chi connectivity index (χ1v) is 12.6. The molecule has 1 atom stereocenters. The minimum atomic E-state index is -0.509. The zero-order chi connectivity index (χ0) is 25.4. The molecule has 3 heterocycles. The summed E-state index contributed by atoms with van der Waals surface area (Å²) in [7, 11) is 0. The van der Waals surface area contributed by atoms with Crippen molar-refractivity contribution in [3.63, 3.8) is 0 Å². The van der Waals surface area contributed by atoms with Crippen LogP contribution in [0.1, 0.15) is 55.1 Å². The molecule has 2 aliphatic heterocycles. The number of alkyl carbamates (subject to hydrolysis) is 1. The predicted molar refractivity (Wildman–Crippen MR) is 137 cm³/mol. The molecule has 1 fully saturated rings. The number of nitrogens with zero attached hydrogens (tertiary/aromatic N) is 1. The Balaban J connectivity index is 1.30. The summed E-state index contributed by atoms with van der Waals surface area (Å²) in [6.45, 7) is 8.66. The molecule has 5 rings (SSSR count). The summed E-state index contributed by atoms with van der Waals surface area (Å²) < 4.78 is 19.6. The molecule has 3 N–H and O–H groups in total. The molecule has 8 heteroatoms. The fourth-order valence-electron chi connectivity index (χ4n) is 5.26. The number of carbonyl (C=O) groups excluding carboxylic acids is 2. The number of rotatable bonds is 4. The van der Waals surface area contributed by atoms with Crippen molar-refractivity contribution in [2.24, 2.45) is 0 Å². The Bertz CT molecular complexity index is 1290. The summed E-state index contributed by atoms with van der Waals surface area (Å²) in [5, 5.41) is 6.68. The van der Waals surface area contributed by atoms with Crippen molar-refractivity contribution in [1.29, 1.82) is 0 Å². The Morgan fingerprint density at radius 3 is 2.75 bits per heavy atom. The molecule has 1 unspecified atom stereocenters. The van der Waals surface area contributed by atoms with E-state index < -0.39 is 11.4 Å². The second-order valence-electron chi connectivity index (χ2n) is 10.8. The van der Waals surface area contributed by atoms with Crippen molar-refractivity contribution in [3.05, 3.63) is 58.9 Å². The topological polar surface area (TPSA) is 86.5 Å². The van der Waals surface area contributed by atoms with Gasteiger partial charge in [0.1, 0.15) is 11.4 Å². The quantitative estimate of drug-likeness (QED) is 0.491. The molecule has 1 aromatic heterocycles. The van der Waals surface area contributed by atoms with Crippen LogP contribution in [0.3, 0.4) is 0 Å². The number of aromatic nitrogens is 1. The lowest BCUT2D eigenvalue weighted by Crippen LogP contribution is -2.48. The second kappa shape index (κ2) is 9.58. The van der Waals surface area contributed by atoms with Gasteiger partial charge < -0.3 is 20.4 Å². The Hall–Kier alpha value is -3.39. The maximum Gasteiger partial charge on any atom is 0.407 e. The molecule has 0 saturated carbocycles. The highest BCUT2D eigenvalue weighted by molar-refractivity contribution is 6.10. The van der Waals surface area contributed by atoms with E-state index in [1.807, 2.05) is 20.8 Å². The smallest absolute Gasteiger partial charge is 0.407 e. The minimum absolute atomic E-state index is 0.0715. The molecular formula is C28H33FN4O3. The highest BCUT2D eigenvalue weighted by Crippen LogP contribution is 2.35. The van der Waals surface area contributed by atoms with Crippen molar-refractivity contribution >= 4 is 22.9 Å². The molecule has 190 valence electrons. The van der Waals surface area contributed by atoms with Gasteiger partial charge in [-0.15, -0.1) is 0 Å². The summed E-state index contributed by atoms with van der Waals surface area (Å²) in [5.74, 6) is -0.662. The van der Waals surface area contributed by atoms with E-state index in [2.05, 4.69) is 44.8 Å². The van der Waals surface area contributed by atoms with Crippen LogP contribution in [0.15, 0.2) is 36.4 Å². The van der Waals surface area contributed by atoms with Crippen LogP contribution in [0.5, 0.6) is 0 Å². The number of hydrogen-bond donors (Lipinski definition) is 3. The van der Waals surface area contributed by atoms with Gasteiger partial charge in [0.05, 0.1) is 5.56 Å². The summed E-state index contributed by atoms with van der Waals surface area (Å²) >= 11 is 0. The van der Waals surface area contributed by atoms with Crippen LogP contribution < -0.4 is 10.6 Å². The number of piperidine rings is 1. The number of ether oxygens (including phenoxy) is 1. The van der Waals surface area contributed by atoms with Crippen LogP contribution in [0.4, 0.5) is 9.18 Å². The largest absolute Gasteiger partial charge is 0.444 e. The molecule has 1 saturated heterocycles. The van der Waals surface area contributed by atoms with Gasteiger partial charge in [0.2, 0.25) is 0 Å². The maximum absolute atomic E-state index is 14.2. The van der Waals surface area contributed by atoms with Gasteiger partial charge in [-0.3, -0.25) is 9.69 Å². The van der Waals surface area contributed by atoms with Gasteiger partial charge in [-0.05, 0) is 75.4 Å². The van der Waals surface area contributed by atoms with Crippen LogP contribution in [-0.4, -0.2) is 53.2 Å². The minimum Gasteiger partial charge on any atom is -0.444 e. The SMILES string of the molecule is CC(C)(C)OC(=O)NC1CCCN(Cc2ccc(-c3[nH]c4cc(F)cc5c4c3CCNC5=O)cc2)C1. The van der Waals surface area contributed by atoms with Gasteiger partial charge in [-0.2, -0.15) is 0 Å². The van der Waals surface area contributed by atoms with Crippen molar-refractivity contribution in [2.75, 3.05) is 19.6 Å². The Labute approximate surface area is 210 Å². The first-order valence-electron chi connectivity index (χ1n) is 12.6. The Morgan fingerprint density at radius 2 is 2.00 bits per heavy atom. The highest BCUT2D eigenvalue weighted by Gasteiger charge is 2.25. The molecular weight excluding hydrogens is 459 g/mol. The number of likely N-dealkylation sites (tertiary alicyclic amines) is 1. The third-order valence-electron chi connectivity index (χ3n) is 6.75. The number of benzene rings is 2. The van der Waals surface area contributed by atoms with E-state index in [9.17, 15) is 14.0 Å². The van der Waals surface area contributed by atoms with Gasteiger partial charge in [0.15, 0.2) is 0 Å². The summed E-state index contributed by atoms with van der Waals surface area (Å²) in [4.78, 5) is 30.3. The fraction of sp³-hybridized carbons (Fsp3) is 0.429. The molecule has 2 amide bonds. The third kappa shape index (κ3) is 5.23. The lowest BCUT2D eigenvalue weighted by molar-refractivity contribution is 0.0470. The average molecular weight is 493 g/mol. The Morgan fingerprint density at radius 1 is 1.22 bits per heavy atom. The van der Waals surface area contributed by atoms with Crippen molar-refractivity contribution < 1.29 is 18.7 Å². The number of aromatic amines is 1. The molecule has 2 aromatic carbocycles. The molecule has 2 aliphatic rings. The van der Waals surface area contributed by atoms with Crippen LogP contribution in [0, 0.1) is 5.82 Å². The molecule has 3 aromatic rings. The van der Waals surface area contributed by atoms with Crippen LogP contribution in [0.25, 0.3) is 22.2 Å². The first kappa shape index (κ1) is 24.3. The molecule has 0 bridgehead atoms. The molecule has 0 spiro atoms. The van der Waals surface area contributed by atoms with E-state index in [-0.39, 0.29) is 18.0 Å². The normalized spacial score (nSPS) is 18.6. The zero-order valence-corrected chi connectivity index (χ0v) is 21.0. The summed E-state index contributed by atoms with van der Waals surface area (Å²) in [6.07, 6.45) is 2.28. The average Bonchev–Trinajstić information content (AvgIpc) is 3.07. The second-order valence-corrected chi connectivity index (χ2v) is 10.8. The third-order valence-corrected chi connectivity index (χ3v) is 6.75. The Kier molecular flexibility index (Phi) is 6.47. The number of H-pyrrole nitrogens is 1. The number of hydrogen-bond acceptors (Lipinski definition) is 4. The first-order chi connectivity index (χ1) is 17.2. The molecule has 0 aliphatic carbocycles. The van der Waals surface area contributed by atoms with Crippen LogP contribution >= 0.6 is 0 Å². The fourth-order valence-corrected chi connectivity index (χ4v) is 5.26. The molecule has 36 heavy (non-hydrogen) atoms. The van der Waals surface area contributed by atoms with Crippen molar-refractivity contribution in [1.82, 2.24) is 20.5 Å². The number of amides is 2. The molecule has 7 nitrogen and oxygen atoms in total. The number of halogens is 1. The van der Waals surface area contributed by atoms with E-state index >= 15 is 0 Å². The lowest BCUT2D eigenvalue weighted by atomic mass is 9.99. The van der Waals surface area contributed by atoms with Crippen LogP contribution in [0.2, 0.25) is 0 Å². The highest BCUT2D eigenvalue weighted by atomic mass is 19.1. The van der Waals surface area contributed by atoms with Crippen molar-refractivity contribution in [3.8, 4) is 11.3 Å².